The summed E-state index contributed by atoms with van der Waals surface area (Å²) in [5.74, 6) is 1.39. The zero-order valence-electron chi connectivity index (χ0n) is 19.2. The largest absolute Gasteiger partial charge is 0.334 e. The number of carbonyl (C=O) groups excluding carboxylic acids is 1. The number of benzene rings is 3. The smallest absolute Gasteiger partial charge is 0.258 e. The Hall–Kier alpha value is -3.57. The number of rotatable bonds is 6. The summed E-state index contributed by atoms with van der Waals surface area (Å²) in [7, 11) is 0. The highest BCUT2D eigenvalue weighted by atomic mass is 16.5. The van der Waals surface area contributed by atoms with Gasteiger partial charge in [0, 0.05) is 29.1 Å². The van der Waals surface area contributed by atoms with Gasteiger partial charge < -0.3 is 14.6 Å². The van der Waals surface area contributed by atoms with E-state index in [0.717, 1.165) is 43.1 Å². The topological polar surface area (TPSA) is 68.0 Å². The summed E-state index contributed by atoms with van der Waals surface area (Å²) in [5, 5.41) is 8.00. The minimum Gasteiger partial charge on any atom is -0.334 e. The normalized spacial score (nSPS) is 21.1. The van der Waals surface area contributed by atoms with Gasteiger partial charge >= 0.3 is 0 Å². The van der Waals surface area contributed by atoms with Crippen LogP contribution in [0.1, 0.15) is 42.0 Å². The van der Waals surface area contributed by atoms with E-state index in [4.69, 9.17) is 9.51 Å². The van der Waals surface area contributed by atoms with Crippen LogP contribution in [0.5, 0.6) is 0 Å². The molecular weight excluding hydrogens is 422 g/mol. The maximum absolute atomic E-state index is 10.9. The molecule has 0 amide bonds. The zero-order valence-corrected chi connectivity index (χ0v) is 19.2. The number of nitrogens with zero attached hydrogens (tertiary/aromatic N) is 2. The van der Waals surface area contributed by atoms with Crippen LogP contribution in [0.2, 0.25) is 0 Å². The van der Waals surface area contributed by atoms with Gasteiger partial charge in [-0.25, -0.2) is 0 Å². The molecule has 2 aliphatic rings. The Morgan fingerprint density at radius 3 is 2.59 bits per heavy atom. The third-order valence-electron chi connectivity index (χ3n) is 7.27. The first-order chi connectivity index (χ1) is 16.7. The third-order valence-corrected chi connectivity index (χ3v) is 7.27. The van der Waals surface area contributed by atoms with Crippen molar-refractivity contribution in [2.75, 3.05) is 0 Å². The molecule has 0 radical (unpaired) electrons. The number of aromatic nitrogens is 2. The van der Waals surface area contributed by atoms with Crippen molar-refractivity contribution < 1.29 is 9.32 Å². The van der Waals surface area contributed by atoms with Crippen molar-refractivity contribution in [1.29, 1.82) is 0 Å². The van der Waals surface area contributed by atoms with Crippen LogP contribution in [0.3, 0.4) is 0 Å². The van der Waals surface area contributed by atoms with Crippen LogP contribution in [-0.4, -0.2) is 22.5 Å². The van der Waals surface area contributed by atoms with E-state index in [1.165, 1.54) is 27.8 Å². The maximum Gasteiger partial charge on any atom is 0.258 e. The van der Waals surface area contributed by atoms with Crippen molar-refractivity contribution in [2.24, 2.45) is 5.92 Å². The molecule has 0 spiro atoms. The van der Waals surface area contributed by atoms with E-state index < -0.39 is 0 Å². The first-order valence-electron chi connectivity index (χ1n) is 12.0. The highest BCUT2D eigenvalue weighted by molar-refractivity contribution is 5.71. The minimum atomic E-state index is 0.242. The SMILES string of the molecule is Cc1cc(-c2nc(-c3ccc4c(c3)CC[C@H]4N[C@H]3C[C@H](C=O)C3)no2)ccc1-c1ccccc1. The molecule has 4 aromatic rings. The molecule has 1 aromatic heterocycles. The molecule has 1 heterocycles. The van der Waals surface area contributed by atoms with Gasteiger partial charge in [0.05, 0.1) is 0 Å². The highest BCUT2D eigenvalue weighted by Crippen LogP contribution is 2.37. The first kappa shape index (κ1) is 21.0. The Morgan fingerprint density at radius 1 is 0.971 bits per heavy atom. The van der Waals surface area contributed by atoms with Crippen molar-refractivity contribution in [2.45, 2.75) is 44.7 Å². The van der Waals surface area contributed by atoms with E-state index in [9.17, 15) is 4.79 Å². The molecular formula is C29H27N3O2. The van der Waals surface area contributed by atoms with Gasteiger partial charge in [-0.1, -0.05) is 53.7 Å². The van der Waals surface area contributed by atoms with Crippen LogP contribution in [0.25, 0.3) is 34.0 Å². The lowest BCUT2D eigenvalue weighted by molar-refractivity contribution is -0.113. The molecule has 0 bridgehead atoms. The molecule has 1 N–H and O–H groups in total. The Kier molecular flexibility index (Phi) is 5.34. The fourth-order valence-electron chi connectivity index (χ4n) is 5.32. The quantitative estimate of drug-likeness (QED) is 0.369. The molecule has 0 aliphatic heterocycles. The molecule has 5 nitrogen and oxygen atoms in total. The van der Waals surface area contributed by atoms with Crippen LogP contribution in [0.15, 0.2) is 71.3 Å². The number of aryl methyl sites for hydroxylation is 2. The van der Waals surface area contributed by atoms with Crippen molar-refractivity contribution in [3.63, 3.8) is 0 Å². The van der Waals surface area contributed by atoms with Crippen LogP contribution >= 0.6 is 0 Å². The Morgan fingerprint density at radius 2 is 1.79 bits per heavy atom. The van der Waals surface area contributed by atoms with Crippen molar-refractivity contribution in [1.82, 2.24) is 15.5 Å². The van der Waals surface area contributed by atoms with Crippen molar-refractivity contribution in [3.05, 3.63) is 83.4 Å². The number of aldehydes is 1. The van der Waals surface area contributed by atoms with Crippen LogP contribution < -0.4 is 5.32 Å². The van der Waals surface area contributed by atoms with E-state index in [0.29, 0.717) is 23.8 Å². The summed E-state index contributed by atoms with van der Waals surface area (Å²) in [5.41, 5.74) is 8.18. The summed E-state index contributed by atoms with van der Waals surface area (Å²) in [6, 6.07) is 24.0. The van der Waals surface area contributed by atoms with Gasteiger partial charge in [0.25, 0.3) is 5.89 Å². The Labute approximate surface area is 199 Å². The molecule has 6 rings (SSSR count). The van der Waals surface area contributed by atoms with Gasteiger partial charge in [-0.15, -0.1) is 0 Å². The van der Waals surface area contributed by atoms with Crippen molar-refractivity contribution >= 4 is 6.29 Å². The first-order valence-corrected chi connectivity index (χ1v) is 12.0. The lowest BCUT2D eigenvalue weighted by Gasteiger charge is -2.35. The van der Waals surface area contributed by atoms with E-state index >= 15 is 0 Å². The Bertz CT molecular complexity index is 1340. The predicted octanol–water partition coefficient (Wildman–Crippen LogP) is 5.93. The number of hydrogen-bond donors (Lipinski definition) is 1. The van der Waals surface area contributed by atoms with Gasteiger partial charge in [0.1, 0.15) is 6.29 Å². The molecule has 2 aliphatic carbocycles. The second-order valence-electron chi connectivity index (χ2n) is 9.55. The fraction of sp³-hybridized carbons (Fsp3) is 0.276. The van der Waals surface area contributed by atoms with Crippen LogP contribution in [-0.2, 0) is 11.2 Å². The summed E-state index contributed by atoms with van der Waals surface area (Å²) < 4.78 is 5.64. The van der Waals surface area contributed by atoms with Crippen LogP contribution in [0.4, 0.5) is 0 Å². The van der Waals surface area contributed by atoms with E-state index in [1.807, 2.05) is 12.1 Å². The number of carbonyl (C=O) groups is 1. The average molecular weight is 450 g/mol. The second kappa shape index (κ2) is 8.65. The molecule has 3 aromatic carbocycles. The summed E-state index contributed by atoms with van der Waals surface area (Å²) in [6.45, 7) is 2.11. The summed E-state index contributed by atoms with van der Waals surface area (Å²) in [6.07, 6.45) is 5.14. The monoisotopic (exact) mass is 449 g/mol. The van der Waals surface area contributed by atoms with Gasteiger partial charge in [-0.2, -0.15) is 4.98 Å². The lowest BCUT2D eigenvalue weighted by atomic mass is 9.81. The summed E-state index contributed by atoms with van der Waals surface area (Å²) >= 11 is 0. The molecule has 34 heavy (non-hydrogen) atoms. The number of nitrogens with one attached hydrogen (secondary N) is 1. The average Bonchev–Trinajstić information content (AvgIpc) is 3.49. The summed E-state index contributed by atoms with van der Waals surface area (Å²) in [4.78, 5) is 15.6. The molecule has 5 heteroatoms. The maximum atomic E-state index is 10.9. The molecule has 0 saturated heterocycles. The van der Waals surface area contributed by atoms with Gasteiger partial charge in [-0.3, -0.25) is 0 Å². The van der Waals surface area contributed by atoms with E-state index in [1.54, 1.807) is 0 Å². The van der Waals surface area contributed by atoms with Crippen molar-refractivity contribution in [3.8, 4) is 34.0 Å². The predicted molar refractivity (Wildman–Crippen MR) is 132 cm³/mol. The second-order valence-corrected chi connectivity index (χ2v) is 9.55. The highest BCUT2D eigenvalue weighted by Gasteiger charge is 2.32. The molecule has 1 saturated carbocycles. The van der Waals surface area contributed by atoms with E-state index in [-0.39, 0.29) is 5.92 Å². The standard InChI is InChI=1S/C29H27N3O2/c1-18-13-23(8-10-25(18)20-5-3-2-4-6-20)29-31-28(32-34-29)22-7-11-26-21(16-22)9-12-27(26)30-24-14-19(15-24)17-33/h2-8,10-11,13,16-17,19,24,27,30H,9,12,14-15H2,1H3/t19-,24-,27-/m1/s1. The Balaban J connectivity index is 1.20. The lowest BCUT2D eigenvalue weighted by Crippen LogP contribution is -2.43. The minimum absolute atomic E-state index is 0.242. The number of fused-ring (bicyclic) bond motifs is 1. The fourth-order valence-corrected chi connectivity index (χ4v) is 5.32. The van der Waals surface area contributed by atoms with Gasteiger partial charge in [-0.05, 0) is 78.6 Å². The van der Waals surface area contributed by atoms with Gasteiger partial charge in [0.15, 0.2) is 0 Å². The molecule has 0 unspecified atom stereocenters. The van der Waals surface area contributed by atoms with Gasteiger partial charge in [0.2, 0.25) is 5.82 Å². The van der Waals surface area contributed by atoms with E-state index in [2.05, 4.69) is 72.0 Å². The third kappa shape index (κ3) is 3.86. The number of hydrogen-bond acceptors (Lipinski definition) is 5. The molecule has 170 valence electrons. The zero-order chi connectivity index (χ0) is 23.1. The molecule has 1 fully saturated rings. The van der Waals surface area contributed by atoms with Crippen LogP contribution in [0, 0.1) is 12.8 Å². The molecule has 1 atom stereocenters.